The molecule has 1 saturated heterocycles. The lowest BCUT2D eigenvalue weighted by molar-refractivity contribution is 0.102. The molecule has 1 aromatic heterocycles. The number of hydrogen-bond acceptors (Lipinski definition) is 6. The van der Waals surface area contributed by atoms with Gasteiger partial charge in [-0.25, -0.2) is 8.42 Å². The van der Waals surface area contributed by atoms with Crippen LogP contribution in [0.15, 0.2) is 47.4 Å². The average molecular weight is 491 g/mol. The van der Waals surface area contributed by atoms with E-state index in [1.54, 1.807) is 30.3 Å². The fourth-order valence-corrected chi connectivity index (χ4v) is 6.52. The molecule has 10 heteroatoms. The van der Waals surface area contributed by atoms with Crippen LogP contribution in [-0.2, 0) is 10.0 Å². The van der Waals surface area contributed by atoms with Crippen LogP contribution in [0.4, 0.5) is 5.69 Å². The van der Waals surface area contributed by atoms with Crippen molar-refractivity contribution >= 4 is 44.6 Å². The van der Waals surface area contributed by atoms with Gasteiger partial charge in [0.25, 0.3) is 5.91 Å². The molecule has 1 atom stereocenters. The van der Waals surface area contributed by atoms with E-state index in [0.29, 0.717) is 33.7 Å². The maximum absolute atomic E-state index is 13.3. The van der Waals surface area contributed by atoms with Crippen molar-refractivity contribution in [1.29, 1.82) is 0 Å². The largest absolute Gasteiger partial charge is 0.320 e. The summed E-state index contributed by atoms with van der Waals surface area (Å²) < 4.78 is 28.0. The average Bonchev–Trinajstić information content (AvgIpc) is 3.26. The van der Waals surface area contributed by atoms with E-state index >= 15 is 0 Å². The lowest BCUT2D eigenvalue weighted by Gasteiger charge is -2.31. The Labute approximate surface area is 196 Å². The van der Waals surface area contributed by atoms with Gasteiger partial charge in [-0.15, -0.1) is 10.2 Å². The van der Waals surface area contributed by atoms with Crippen molar-refractivity contribution in [1.82, 2.24) is 14.5 Å². The van der Waals surface area contributed by atoms with Gasteiger partial charge in [0.05, 0.1) is 4.90 Å². The number of nitrogens with one attached hydrogen (secondary N) is 1. The van der Waals surface area contributed by atoms with Gasteiger partial charge in [0, 0.05) is 29.7 Å². The number of aromatic nitrogens is 2. The molecule has 4 rings (SSSR count). The van der Waals surface area contributed by atoms with E-state index in [4.69, 9.17) is 11.6 Å². The highest BCUT2D eigenvalue weighted by Crippen LogP contribution is 2.33. The van der Waals surface area contributed by atoms with Gasteiger partial charge in [0.2, 0.25) is 15.0 Å². The van der Waals surface area contributed by atoms with Crippen molar-refractivity contribution in [2.24, 2.45) is 0 Å². The number of amides is 1. The number of rotatable bonds is 5. The number of halogens is 1. The Balaban J connectivity index is 1.48. The first-order chi connectivity index (χ1) is 15.2. The zero-order valence-electron chi connectivity index (χ0n) is 17.7. The molecule has 0 unspecified atom stereocenters. The molecule has 1 amide bonds. The van der Waals surface area contributed by atoms with E-state index in [2.05, 4.69) is 15.5 Å². The second kappa shape index (κ2) is 9.27. The normalized spacial score (nSPS) is 17.3. The van der Waals surface area contributed by atoms with Crippen molar-refractivity contribution in [2.45, 2.75) is 37.5 Å². The van der Waals surface area contributed by atoms with Crippen LogP contribution in [-0.4, -0.2) is 41.9 Å². The van der Waals surface area contributed by atoms with Gasteiger partial charge in [-0.05, 0) is 62.6 Å². The summed E-state index contributed by atoms with van der Waals surface area (Å²) in [4.78, 5) is 12.9. The van der Waals surface area contributed by atoms with Gasteiger partial charge in [-0.1, -0.05) is 40.6 Å². The molecule has 1 fully saturated rings. The number of anilines is 1. The van der Waals surface area contributed by atoms with Crippen LogP contribution >= 0.6 is 22.9 Å². The van der Waals surface area contributed by atoms with Crippen molar-refractivity contribution in [3.63, 3.8) is 0 Å². The number of piperidine rings is 1. The first-order valence-corrected chi connectivity index (χ1v) is 12.9. The summed E-state index contributed by atoms with van der Waals surface area (Å²) in [6, 6.07) is 12.2. The highest BCUT2D eigenvalue weighted by molar-refractivity contribution is 7.89. The Morgan fingerprint density at radius 2 is 1.91 bits per heavy atom. The number of carbonyl (C=O) groups excluding carboxylic acids is 1. The van der Waals surface area contributed by atoms with Gasteiger partial charge in [0.15, 0.2) is 0 Å². The summed E-state index contributed by atoms with van der Waals surface area (Å²) in [6.45, 7) is 4.55. The van der Waals surface area contributed by atoms with E-state index in [0.717, 1.165) is 24.0 Å². The van der Waals surface area contributed by atoms with Gasteiger partial charge >= 0.3 is 0 Å². The van der Waals surface area contributed by atoms with Crippen molar-refractivity contribution in [2.75, 3.05) is 18.4 Å². The second-order valence-corrected chi connectivity index (χ2v) is 11.2. The van der Waals surface area contributed by atoms with Crippen LogP contribution in [0.2, 0.25) is 5.02 Å². The highest BCUT2D eigenvalue weighted by atomic mass is 35.5. The van der Waals surface area contributed by atoms with E-state index in [1.165, 1.54) is 15.6 Å². The number of hydrogen-bond donors (Lipinski definition) is 1. The van der Waals surface area contributed by atoms with E-state index < -0.39 is 10.0 Å². The molecule has 32 heavy (non-hydrogen) atoms. The third-order valence-electron chi connectivity index (χ3n) is 5.42. The summed E-state index contributed by atoms with van der Waals surface area (Å²) in [5.74, 6) is -0.453. The van der Waals surface area contributed by atoms with Gasteiger partial charge in [0.1, 0.15) is 5.01 Å². The molecule has 1 aliphatic rings. The zero-order valence-corrected chi connectivity index (χ0v) is 20.1. The lowest BCUT2D eigenvalue weighted by atomic mass is 10.0. The van der Waals surface area contributed by atoms with Crippen LogP contribution in [0.1, 0.15) is 44.7 Å². The number of nitrogens with zero attached hydrogens (tertiary/aromatic N) is 3. The molecule has 0 radical (unpaired) electrons. The monoisotopic (exact) mass is 490 g/mol. The first kappa shape index (κ1) is 22.8. The van der Waals surface area contributed by atoms with E-state index in [9.17, 15) is 13.2 Å². The molecule has 2 heterocycles. The predicted octanol–water partition coefficient (Wildman–Crippen LogP) is 4.63. The molecule has 1 N–H and O–H groups in total. The van der Waals surface area contributed by atoms with Crippen LogP contribution in [0.5, 0.6) is 0 Å². The smallest absolute Gasteiger partial charge is 0.286 e. The van der Waals surface area contributed by atoms with Crippen molar-refractivity contribution < 1.29 is 13.2 Å². The quantitative estimate of drug-likeness (QED) is 0.563. The SMILES string of the molecule is Cc1ccc(S(=O)(=O)N2CCC[C@@H](c3nnc(C(=O)Nc4ccc(Cl)cc4)s3)C2)c(C)c1. The Kier molecular flexibility index (Phi) is 6.62. The first-order valence-electron chi connectivity index (χ1n) is 10.2. The summed E-state index contributed by atoms with van der Waals surface area (Å²) >= 11 is 7.07. The summed E-state index contributed by atoms with van der Waals surface area (Å²) in [5, 5.41) is 12.5. The maximum atomic E-state index is 13.3. The molecular weight excluding hydrogens is 468 g/mol. The number of carbonyl (C=O) groups is 1. The van der Waals surface area contributed by atoms with Gasteiger partial charge < -0.3 is 5.32 Å². The topological polar surface area (TPSA) is 92.3 Å². The molecule has 7 nitrogen and oxygen atoms in total. The van der Waals surface area contributed by atoms with Crippen molar-refractivity contribution in [3.8, 4) is 0 Å². The lowest BCUT2D eigenvalue weighted by Crippen LogP contribution is -2.39. The Morgan fingerprint density at radius 1 is 1.16 bits per heavy atom. The summed E-state index contributed by atoms with van der Waals surface area (Å²) in [6.07, 6.45) is 1.52. The fraction of sp³-hybridized carbons (Fsp3) is 0.318. The number of aryl methyl sites for hydroxylation is 2. The molecule has 168 valence electrons. The Morgan fingerprint density at radius 3 is 2.62 bits per heavy atom. The third kappa shape index (κ3) is 4.85. The van der Waals surface area contributed by atoms with Gasteiger partial charge in [-0.3, -0.25) is 4.79 Å². The molecular formula is C22H23ClN4O3S2. The second-order valence-electron chi connectivity index (χ2n) is 7.88. The van der Waals surface area contributed by atoms with Crippen molar-refractivity contribution in [3.05, 3.63) is 68.6 Å². The molecule has 1 aliphatic heterocycles. The van der Waals surface area contributed by atoms with Crippen LogP contribution in [0.3, 0.4) is 0 Å². The zero-order chi connectivity index (χ0) is 22.9. The molecule has 0 aliphatic carbocycles. The molecule has 3 aromatic rings. The highest BCUT2D eigenvalue weighted by Gasteiger charge is 2.33. The minimum absolute atomic E-state index is 0.0983. The standard InChI is InChI=1S/C22H23ClN4O3S2/c1-14-5-10-19(15(2)12-14)32(29,30)27-11-3-4-16(13-27)21-25-26-22(31-21)20(28)24-18-8-6-17(23)7-9-18/h5-10,12,16H,3-4,11,13H2,1-2H3,(H,24,28)/t16-/m1/s1. The number of sulfonamides is 1. The molecule has 0 bridgehead atoms. The maximum Gasteiger partial charge on any atom is 0.286 e. The predicted molar refractivity (Wildman–Crippen MR) is 126 cm³/mol. The molecule has 2 aromatic carbocycles. The third-order valence-corrected chi connectivity index (χ3v) is 8.78. The van der Waals surface area contributed by atoms with Crippen LogP contribution < -0.4 is 5.32 Å². The summed E-state index contributed by atoms with van der Waals surface area (Å²) in [7, 11) is -3.60. The molecule has 0 saturated carbocycles. The minimum Gasteiger partial charge on any atom is -0.320 e. The Hall–Kier alpha value is -2.33. The van der Waals surface area contributed by atoms with Crippen LogP contribution in [0, 0.1) is 13.8 Å². The number of benzene rings is 2. The van der Waals surface area contributed by atoms with E-state index in [-0.39, 0.29) is 16.8 Å². The van der Waals surface area contributed by atoms with Gasteiger partial charge in [-0.2, -0.15) is 4.31 Å². The van der Waals surface area contributed by atoms with E-state index in [1.807, 2.05) is 26.0 Å². The fourth-order valence-electron chi connectivity index (χ4n) is 3.80. The van der Waals surface area contributed by atoms with Crippen LogP contribution in [0.25, 0.3) is 0 Å². The minimum atomic E-state index is -3.60. The Bertz CT molecular complexity index is 1240. The summed E-state index contributed by atoms with van der Waals surface area (Å²) in [5.41, 5.74) is 2.37. The molecule has 0 spiro atoms.